The van der Waals surface area contributed by atoms with Crippen molar-refractivity contribution in [1.82, 2.24) is 5.06 Å². The van der Waals surface area contributed by atoms with Crippen molar-refractivity contribution in [2.24, 2.45) is 0 Å². The minimum absolute atomic E-state index is 0.121. The van der Waals surface area contributed by atoms with Crippen molar-refractivity contribution in [2.45, 2.75) is 96.2 Å². The van der Waals surface area contributed by atoms with E-state index in [-0.39, 0.29) is 26.4 Å². The molecule has 210 valence electrons. The Morgan fingerprint density at radius 3 is 2.24 bits per heavy atom. The Kier molecular flexibility index (Phi) is 9.15. The van der Waals surface area contributed by atoms with Gasteiger partial charge in [-0.05, 0) is 47.1 Å². The zero-order chi connectivity index (χ0) is 26.8. The van der Waals surface area contributed by atoms with Crippen molar-refractivity contribution in [3.63, 3.8) is 0 Å². The highest BCUT2D eigenvalue weighted by atomic mass is 31.2. The van der Waals surface area contributed by atoms with Crippen LogP contribution in [0.15, 0.2) is 30.3 Å². The van der Waals surface area contributed by atoms with Crippen LogP contribution in [0, 0.1) is 0 Å². The topological polar surface area (TPSA) is 114 Å². The van der Waals surface area contributed by atoms with E-state index in [2.05, 4.69) is 0 Å². The van der Waals surface area contributed by atoms with Crippen LogP contribution in [0.25, 0.3) is 0 Å². The molecule has 0 saturated carbocycles. The van der Waals surface area contributed by atoms with Gasteiger partial charge in [0.25, 0.3) is 0 Å². The molecule has 0 bridgehead atoms. The van der Waals surface area contributed by atoms with Gasteiger partial charge in [0.1, 0.15) is 24.4 Å². The molecule has 0 radical (unpaired) electrons. The summed E-state index contributed by atoms with van der Waals surface area (Å²) in [7, 11) is -3.88. The summed E-state index contributed by atoms with van der Waals surface area (Å²) in [6.45, 7) is 11.3. The van der Waals surface area contributed by atoms with Gasteiger partial charge < -0.3 is 42.7 Å². The van der Waals surface area contributed by atoms with E-state index in [0.717, 1.165) is 10.6 Å². The van der Waals surface area contributed by atoms with Gasteiger partial charge in [-0.25, -0.2) is 0 Å². The first-order chi connectivity index (χ1) is 17.5. The number of ether oxygens (including phenoxy) is 6. The summed E-state index contributed by atoms with van der Waals surface area (Å²) < 4.78 is 61.4. The van der Waals surface area contributed by atoms with Crippen molar-refractivity contribution in [2.75, 3.05) is 26.4 Å². The summed E-state index contributed by atoms with van der Waals surface area (Å²) in [5, 5.41) is 12.4. The summed E-state index contributed by atoms with van der Waals surface area (Å²) in [5.41, 5.74) is 0.931. The van der Waals surface area contributed by atoms with Gasteiger partial charge in [0, 0.05) is 0 Å². The average Bonchev–Trinajstić information content (AvgIpc) is 3.46. The molecule has 4 rings (SSSR count). The van der Waals surface area contributed by atoms with Crippen LogP contribution < -0.4 is 0 Å². The maximum atomic E-state index is 13.9. The Labute approximate surface area is 218 Å². The standard InChI is InChI=1S/C25H40NO10P/c1-7-31-37(28,32-8-2)19(16-29-14-17-12-10-9-11-13-17)26(27)23-22-21(35-25(5,6)36-22)20(33-23)18-15-30-24(3,4)34-18/h9-13,18-23,27H,7-8,14-16H2,1-6H3/t18?,19-,20+,21-,22-,23-/m0/s1. The summed E-state index contributed by atoms with van der Waals surface area (Å²) in [6.07, 6.45) is -3.36. The molecule has 3 heterocycles. The van der Waals surface area contributed by atoms with Crippen LogP contribution >= 0.6 is 7.60 Å². The molecule has 11 nitrogen and oxygen atoms in total. The monoisotopic (exact) mass is 545 g/mol. The average molecular weight is 546 g/mol. The molecule has 0 spiro atoms. The molecule has 3 saturated heterocycles. The third-order valence-electron chi connectivity index (χ3n) is 6.39. The Morgan fingerprint density at radius 1 is 1.00 bits per heavy atom. The van der Waals surface area contributed by atoms with Gasteiger partial charge in [-0.3, -0.25) is 4.57 Å². The number of hydroxylamine groups is 2. The first kappa shape index (κ1) is 29.0. The summed E-state index contributed by atoms with van der Waals surface area (Å²) in [4.78, 5) is 0. The first-order valence-corrected chi connectivity index (χ1v) is 14.4. The quantitative estimate of drug-likeness (QED) is 0.305. The first-order valence-electron chi connectivity index (χ1n) is 12.8. The van der Waals surface area contributed by atoms with Gasteiger partial charge in [0.15, 0.2) is 23.6 Å². The maximum absolute atomic E-state index is 13.9. The number of nitrogens with zero attached hydrogens (tertiary/aromatic N) is 1. The lowest BCUT2D eigenvalue weighted by Gasteiger charge is -2.36. The predicted octanol–water partition coefficient (Wildman–Crippen LogP) is 3.88. The third-order valence-corrected chi connectivity index (χ3v) is 8.74. The maximum Gasteiger partial charge on any atom is 0.352 e. The molecule has 3 aliphatic rings. The highest BCUT2D eigenvalue weighted by molar-refractivity contribution is 7.54. The second-order valence-electron chi connectivity index (χ2n) is 10.2. The fourth-order valence-corrected chi connectivity index (χ4v) is 6.75. The fraction of sp³-hybridized carbons (Fsp3) is 0.760. The molecule has 1 aromatic carbocycles. The van der Waals surface area contributed by atoms with Crippen LogP contribution in [-0.4, -0.2) is 84.7 Å². The van der Waals surface area contributed by atoms with E-state index in [4.69, 9.17) is 37.5 Å². The number of hydrogen-bond acceptors (Lipinski definition) is 11. The van der Waals surface area contributed by atoms with Crippen LogP contribution in [0.4, 0.5) is 0 Å². The Bertz CT molecular complexity index is 921. The van der Waals surface area contributed by atoms with Crippen LogP contribution in [-0.2, 0) is 48.6 Å². The van der Waals surface area contributed by atoms with Crippen LogP contribution in [0.1, 0.15) is 47.1 Å². The zero-order valence-electron chi connectivity index (χ0n) is 22.4. The minimum Gasteiger partial charge on any atom is -0.374 e. The van der Waals surface area contributed by atoms with E-state index in [1.54, 1.807) is 27.7 Å². The van der Waals surface area contributed by atoms with Crippen LogP contribution in [0.2, 0.25) is 0 Å². The fourth-order valence-electron chi connectivity index (χ4n) is 4.90. The summed E-state index contributed by atoms with van der Waals surface area (Å²) >= 11 is 0. The van der Waals surface area contributed by atoms with Crippen molar-refractivity contribution in [1.29, 1.82) is 0 Å². The van der Waals surface area contributed by atoms with Crippen LogP contribution in [0.3, 0.4) is 0 Å². The molecule has 0 aromatic heterocycles. The van der Waals surface area contributed by atoms with Crippen molar-refractivity contribution in [3.05, 3.63) is 35.9 Å². The molecular formula is C25H40NO10P. The molecule has 1 unspecified atom stereocenters. The highest BCUT2D eigenvalue weighted by Gasteiger charge is 2.62. The van der Waals surface area contributed by atoms with Gasteiger partial charge in [-0.2, -0.15) is 0 Å². The zero-order valence-corrected chi connectivity index (χ0v) is 23.3. The van der Waals surface area contributed by atoms with Gasteiger partial charge >= 0.3 is 7.60 Å². The second kappa shape index (κ2) is 11.7. The second-order valence-corrected chi connectivity index (χ2v) is 12.4. The van der Waals surface area contributed by atoms with Gasteiger partial charge in [-0.15, -0.1) is 5.06 Å². The lowest BCUT2D eigenvalue weighted by atomic mass is 10.1. The molecule has 3 fully saturated rings. The summed E-state index contributed by atoms with van der Waals surface area (Å²) in [5.74, 6) is -2.89. The van der Waals surface area contributed by atoms with Gasteiger partial charge in [0.2, 0.25) is 0 Å². The predicted molar refractivity (Wildman–Crippen MR) is 132 cm³/mol. The largest absolute Gasteiger partial charge is 0.374 e. The lowest BCUT2D eigenvalue weighted by Crippen LogP contribution is -2.49. The number of rotatable bonds is 12. The van der Waals surface area contributed by atoms with E-state index in [9.17, 15) is 9.77 Å². The van der Waals surface area contributed by atoms with Crippen molar-refractivity contribution >= 4 is 7.60 Å². The molecule has 1 aromatic rings. The lowest BCUT2D eigenvalue weighted by molar-refractivity contribution is -0.279. The third kappa shape index (κ3) is 6.62. The highest BCUT2D eigenvalue weighted by Crippen LogP contribution is 2.55. The molecule has 1 N–H and O–H groups in total. The molecular weight excluding hydrogens is 505 g/mol. The smallest absolute Gasteiger partial charge is 0.352 e. The molecule has 3 aliphatic heterocycles. The molecule has 37 heavy (non-hydrogen) atoms. The Balaban J connectivity index is 1.57. The normalized spacial score (nSPS) is 31.6. The molecule has 0 aliphatic carbocycles. The van der Waals surface area contributed by atoms with Gasteiger partial charge in [0.05, 0.1) is 33.0 Å². The number of fused-ring (bicyclic) bond motifs is 1. The minimum atomic E-state index is -3.88. The van der Waals surface area contributed by atoms with E-state index in [1.807, 2.05) is 44.2 Å². The molecule has 6 atom stereocenters. The number of hydrogen-bond donors (Lipinski definition) is 1. The molecule has 0 amide bonds. The van der Waals surface area contributed by atoms with Gasteiger partial charge in [-0.1, -0.05) is 30.3 Å². The molecule has 12 heteroatoms. The number of benzene rings is 1. The summed E-state index contributed by atoms with van der Waals surface area (Å²) in [6, 6.07) is 9.56. The van der Waals surface area contributed by atoms with E-state index >= 15 is 0 Å². The SMILES string of the molecule is CCOP(=O)(OCC)[C@@H](COCc1ccccc1)N(O)[C@H]1O[C@H](C2COC(C)(C)O2)[C@@H]2OC(C)(C)O[C@@H]21. The van der Waals surface area contributed by atoms with Crippen LogP contribution in [0.5, 0.6) is 0 Å². The van der Waals surface area contributed by atoms with Crippen molar-refractivity contribution < 1.29 is 47.2 Å². The Morgan fingerprint density at radius 2 is 1.65 bits per heavy atom. The Hall–Kier alpha value is -0.950. The van der Waals surface area contributed by atoms with E-state index in [1.165, 1.54) is 0 Å². The van der Waals surface area contributed by atoms with Crippen molar-refractivity contribution in [3.8, 4) is 0 Å². The van der Waals surface area contributed by atoms with E-state index < -0.39 is 55.6 Å². The van der Waals surface area contributed by atoms with E-state index in [0.29, 0.717) is 6.61 Å².